The van der Waals surface area contributed by atoms with Gasteiger partial charge in [-0.15, -0.1) is 0 Å². The number of hydrogen-bond acceptors (Lipinski definition) is 11. The maximum atomic E-state index is 14.0. The van der Waals surface area contributed by atoms with Gasteiger partial charge < -0.3 is 19.7 Å². The van der Waals surface area contributed by atoms with Crippen molar-refractivity contribution in [1.82, 2.24) is 24.6 Å². The molecule has 3 aromatic rings. The quantitative estimate of drug-likeness (QED) is 0.207. The Morgan fingerprint density at radius 1 is 1.24 bits per heavy atom. The molecular weight excluding hydrogens is 630 g/mol. The lowest BCUT2D eigenvalue weighted by Gasteiger charge is -2.32. The van der Waals surface area contributed by atoms with E-state index in [1.165, 1.54) is 18.2 Å². The van der Waals surface area contributed by atoms with E-state index in [9.17, 15) is 27.8 Å². The highest BCUT2D eigenvalue weighted by atomic mass is 31.2. The maximum Gasteiger partial charge on any atom is 0.459 e. The van der Waals surface area contributed by atoms with Gasteiger partial charge in [0.1, 0.15) is 42.4 Å². The van der Waals surface area contributed by atoms with E-state index in [-0.39, 0.29) is 43.6 Å². The molecule has 0 amide bonds. The molecule has 2 fully saturated rings. The summed E-state index contributed by atoms with van der Waals surface area (Å²) in [6.07, 6.45) is -1.93. The average molecular weight is 666 g/mol. The number of fused-ring (bicyclic) bond motifs is 1. The summed E-state index contributed by atoms with van der Waals surface area (Å²) in [6, 6.07) is 12.7. The molecule has 5 rings (SSSR count). The van der Waals surface area contributed by atoms with E-state index in [4.69, 9.17) is 24.3 Å². The van der Waals surface area contributed by atoms with E-state index in [0.29, 0.717) is 30.5 Å². The number of para-hydroxylation sites is 1. The highest BCUT2D eigenvalue weighted by molar-refractivity contribution is 7.52. The van der Waals surface area contributed by atoms with Crippen LogP contribution in [0.4, 0.5) is 19.0 Å². The molecule has 3 N–H and O–H groups in total. The van der Waals surface area contributed by atoms with Gasteiger partial charge in [0.25, 0.3) is 0 Å². The molecule has 1 aromatic carbocycles. The molecule has 13 nitrogen and oxygen atoms in total. The second kappa shape index (κ2) is 13.9. The number of nitrogen functional groups attached to an aromatic ring is 1. The van der Waals surface area contributed by atoms with Gasteiger partial charge in [-0.2, -0.15) is 28.6 Å². The molecular formula is C29H35F3N7O6P. The molecule has 4 heterocycles. The number of esters is 1. The molecule has 0 aliphatic carbocycles. The predicted octanol–water partition coefficient (Wildman–Crippen LogP) is 4.42. The van der Waals surface area contributed by atoms with Crippen LogP contribution in [0, 0.1) is 17.2 Å². The Hall–Kier alpha value is -3.74. The number of carbonyl (C=O) groups is 1. The summed E-state index contributed by atoms with van der Waals surface area (Å²) < 4.78 is 76.7. The van der Waals surface area contributed by atoms with Gasteiger partial charge in [-0.1, -0.05) is 18.2 Å². The standard InChI is InChI=1S/C29H35F3N7O6P/c1-20(27(40)42-15-21-10-13-38(14-11-21)17-29(30,31)32)37-46(41,45-22-5-3-2-4-6-22)43-18-28(16-33)12-9-25(44-28)23-7-8-24-26(34)35-19-36-39(23)24/h2-8,19-21,25H,9-15,17-18H2,1H3,(H,37,41)(H2,34,35,36)/t20-,25+,28+,46?/m0/s1. The van der Waals surface area contributed by atoms with Crippen LogP contribution in [0.25, 0.3) is 5.52 Å². The number of hydrogen-bond donors (Lipinski definition) is 2. The second-order valence-electron chi connectivity index (χ2n) is 11.4. The fourth-order valence-electron chi connectivity index (χ4n) is 5.48. The first-order valence-electron chi connectivity index (χ1n) is 14.8. The first-order valence-corrected chi connectivity index (χ1v) is 16.3. The van der Waals surface area contributed by atoms with E-state index in [1.807, 2.05) is 0 Å². The van der Waals surface area contributed by atoms with Crippen LogP contribution in [0.5, 0.6) is 5.75 Å². The number of nitrogens with one attached hydrogen (secondary N) is 1. The smallest absolute Gasteiger partial charge is 0.459 e. The van der Waals surface area contributed by atoms with E-state index in [2.05, 4.69) is 21.2 Å². The first-order chi connectivity index (χ1) is 21.9. The van der Waals surface area contributed by atoms with Crippen LogP contribution in [-0.2, 0) is 23.4 Å². The average Bonchev–Trinajstić information content (AvgIpc) is 3.65. The Bertz CT molecular complexity index is 1600. The summed E-state index contributed by atoms with van der Waals surface area (Å²) in [5, 5.41) is 17.0. The minimum Gasteiger partial charge on any atom is -0.464 e. The molecule has 4 atom stereocenters. The van der Waals surface area contributed by atoms with Crippen molar-refractivity contribution in [3.05, 3.63) is 54.5 Å². The van der Waals surface area contributed by atoms with Crippen LogP contribution >= 0.6 is 7.75 Å². The minimum atomic E-state index is -4.31. The number of anilines is 1. The monoisotopic (exact) mass is 665 g/mol. The topological polar surface area (TPSA) is 166 Å². The number of piperidine rings is 1. The third kappa shape index (κ3) is 8.34. The van der Waals surface area contributed by atoms with E-state index in [0.717, 1.165) is 0 Å². The number of aromatic nitrogens is 3. The van der Waals surface area contributed by atoms with Crippen LogP contribution in [0.3, 0.4) is 0 Å². The van der Waals surface area contributed by atoms with Crippen molar-refractivity contribution in [3.63, 3.8) is 0 Å². The normalized spacial score (nSPS) is 23.1. The molecule has 0 saturated carbocycles. The number of nitrogens with two attached hydrogens (primary N) is 1. The molecule has 2 aliphatic heterocycles. The Balaban J connectivity index is 1.21. The van der Waals surface area contributed by atoms with Gasteiger partial charge >= 0.3 is 19.9 Å². The Morgan fingerprint density at radius 3 is 2.67 bits per heavy atom. The molecule has 1 unspecified atom stereocenters. The van der Waals surface area contributed by atoms with Crippen molar-refractivity contribution in [2.75, 3.05) is 38.6 Å². The zero-order valence-corrected chi connectivity index (χ0v) is 26.0. The zero-order chi connectivity index (χ0) is 33.0. The number of nitriles is 1. The molecule has 2 aromatic heterocycles. The van der Waals surface area contributed by atoms with E-state index in [1.54, 1.807) is 47.0 Å². The van der Waals surface area contributed by atoms with Crippen LogP contribution in [0.15, 0.2) is 48.8 Å². The number of alkyl halides is 3. The Kier molecular flexibility index (Phi) is 10.2. The van der Waals surface area contributed by atoms with Gasteiger partial charge in [0.15, 0.2) is 11.4 Å². The zero-order valence-electron chi connectivity index (χ0n) is 25.1. The molecule has 2 saturated heterocycles. The minimum absolute atomic E-state index is 0.00712. The maximum absolute atomic E-state index is 14.0. The molecule has 17 heteroatoms. The third-order valence-corrected chi connectivity index (χ3v) is 9.56. The van der Waals surface area contributed by atoms with E-state index < -0.39 is 50.8 Å². The fraction of sp³-hybridized carbons (Fsp3) is 0.517. The number of likely N-dealkylation sites (tertiary alicyclic amines) is 1. The lowest BCUT2D eigenvalue weighted by atomic mass is 9.98. The fourth-order valence-corrected chi connectivity index (χ4v) is 7.02. The van der Waals surface area contributed by atoms with E-state index >= 15 is 0 Å². The summed E-state index contributed by atoms with van der Waals surface area (Å²) in [6.45, 7) is 0.504. The van der Waals surface area contributed by atoms with Crippen molar-refractivity contribution in [2.24, 2.45) is 5.92 Å². The Labute approximate surface area is 263 Å². The van der Waals surface area contributed by atoms with Gasteiger partial charge in [-0.05, 0) is 75.9 Å². The van der Waals surface area contributed by atoms with Crippen LogP contribution in [0.2, 0.25) is 0 Å². The molecule has 248 valence electrons. The molecule has 46 heavy (non-hydrogen) atoms. The van der Waals surface area contributed by atoms with Gasteiger partial charge in [0.2, 0.25) is 0 Å². The van der Waals surface area contributed by atoms with Gasteiger partial charge in [-0.25, -0.2) is 14.1 Å². The first kappa shape index (κ1) is 33.6. The summed E-state index contributed by atoms with van der Waals surface area (Å²) in [4.78, 5) is 18.2. The summed E-state index contributed by atoms with van der Waals surface area (Å²) in [5.74, 6) is -0.365. The lowest BCUT2D eigenvalue weighted by Crippen LogP contribution is -2.41. The highest BCUT2D eigenvalue weighted by Gasteiger charge is 2.45. The highest BCUT2D eigenvalue weighted by Crippen LogP contribution is 2.48. The van der Waals surface area contributed by atoms with Crippen molar-refractivity contribution in [3.8, 4) is 11.8 Å². The number of nitrogens with zero attached hydrogens (tertiary/aromatic N) is 5. The second-order valence-corrected chi connectivity index (χ2v) is 13.1. The lowest BCUT2D eigenvalue weighted by molar-refractivity contribution is -0.151. The molecule has 2 aliphatic rings. The third-order valence-electron chi connectivity index (χ3n) is 7.94. The van der Waals surface area contributed by atoms with Crippen molar-refractivity contribution < 1.29 is 41.1 Å². The van der Waals surface area contributed by atoms with Crippen molar-refractivity contribution in [2.45, 2.75) is 56.5 Å². The van der Waals surface area contributed by atoms with Gasteiger partial charge in [0, 0.05) is 0 Å². The summed E-state index contributed by atoms with van der Waals surface area (Å²) >= 11 is 0. The van der Waals surface area contributed by atoms with Gasteiger partial charge in [0.05, 0.1) is 18.8 Å². The number of rotatable bonds is 12. The Morgan fingerprint density at radius 2 is 1.98 bits per heavy atom. The molecule has 0 spiro atoms. The largest absolute Gasteiger partial charge is 0.464 e. The van der Waals surface area contributed by atoms with Crippen LogP contribution < -0.4 is 15.3 Å². The van der Waals surface area contributed by atoms with Crippen molar-refractivity contribution >= 4 is 25.1 Å². The van der Waals surface area contributed by atoms with Gasteiger partial charge in [-0.3, -0.25) is 14.2 Å². The molecule has 0 bridgehead atoms. The summed E-state index contributed by atoms with van der Waals surface area (Å²) in [7, 11) is -4.31. The van der Waals surface area contributed by atoms with Crippen LogP contribution in [-0.4, -0.2) is 76.1 Å². The number of carbonyl (C=O) groups excluding carboxylic acids is 1. The summed E-state index contributed by atoms with van der Waals surface area (Å²) in [5.41, 5.74) is 5.70. The SMILES string of the molecule is C[C@H](NP(=O)(OC[C@]1(C#N)CC[C@H](c2ccc3c(N)ncnn23)O1)Oc1ccccc1)C(=O)OCC1CCN(CC(F)(F)F)CC1. The number of ether oxygens (including phenoxy) is 2. The van der Waals surface area contributed by atoms with Crippen molar-refractivity contribution in [1.29, 1.82) is 5.26 Å². The number of halogens is 3. The predicted molar refractivity (Wildman–Crippen MR) is 158 cm³/mol. The number of benzene rings is 1. The molecule has 0 radical (unpaired) electrons. The van der Waals surface area contributed by atoms with Crippen LogP contribution in [0.1, 0.15) is 44.4 Å².